The molecule has 21 heavy (non-hydrogen) atoms. The van der Waals surface area contributed by atoms with Gasteiger partial charge in [0.15, 0.2) is 0 Å². The molecule has 2 heterocycles. The maximum absolute atomic E-state index is 12.1. The minimum Gasteiger partial charge on any atom is -0.481 e. The summed E-state index contributed by atoms with van der Waals surface area (Å²) in [6, 6.07) is 5.56. The van der Waals surface area contributed by atoms with Crippen LogP contribution in [0, 0.1) is 11.8 Å². The molecular formula is C15H17N3O3. The molecule has 2 aromatic rings. The molecule has 6 heteroatoms. The van der Waals surface area contributed by atoms with Crippen molar-refractivity contribution in [1.82, 2.24) is 14.7 Å². The molecule has 0 aliphatic heterocycles. The van der Waals surface area contributed by atoms with Crippen LogP contribution in [0.5, 0.6) is 0 Å². The fraction of sp³-hybridized carbons (Fsp3) is 0.400. The van der Waals surface area contributed by atoms with E-state index in [9.17, 15) is 9.59 Å². The molecule has 6 nitrogen and oxygen atoms in total. The van der Waals surface area contributed by atoms with Gasteiger partial charge in [-0.15, -0.1) is 0 Å². The van der Waals surface area contributed by atoms with E-state index in [0.717, 1.165) is 12.8 Å². The summed E-state index contributed by atoms with van der Waals surface area (Å²) in [5, 5.41) is 11.9. The van der Waals surface area contributed by atoms with Gasteiger partial charge in [-0.3, -0.25) is 9.59 Å². The Morgan fingerprint density at radius 1 is 1.38 bits per heavy atom. The van der Waals surface area contributed by atoms with Gasteiger partial charge in [-0.2, -0.15) is 0 Å². The summed E-state index contributed by atoms with van der Waals surface area (Å²) < 4.78 is 1.78. The molecule has 1 fully saturated rings. The number of carbonyl (C=O) groups excluding carboxylic acids is 1. The van der Waals surface area contributed by atoms with Gasteiger partial charge in [0.1, 0.15) is 11.3 Å². The summed E-state index contributed by atoms with van der Waals surface area (Å²) in [4.78, 5) is 27.5. The Kier molecular flexibility index (Phi) is 3.60. The minimum atomic E-state index is -0.764. The van der Waals surface area contributed by atoms with Gasteiger partial charge in [-0.05, 0) is 30.9 Å². The van der Waals surface area contributed by atoms with Crippen LogP contribution in [0.3, 0.4) is 0 Å². The molecule has 2 atom stereocenters. The first kappa shape index (κ1) is 13.6. The average molecular weight is 287 g/mol. The van der Waals surface area contributed by atoms with E-state index in [2.05, 4.69) is 10.3 Å². The highest BCUT2D eigenvalue weighted by molar-refractivity contribution is 5.92. The highest BCUT2D eigenvalue weighted by atomic mass is 16.4. The van der Waals surface area contributed by atoms with Crippen LogP contribution < -0.4 is 5.32 Å². The Morgan fingerprint density at radius 2 is 2.24 bits per heavy atom. The summed E-state index contributed by atoms with van der Waals surface area (Å²) in [7, 11) is 0. The minimum absolute atomic E-state index is 0.0171. The lowest BCUT2D eigenvalue weighted by Gasteiger charge is -2.15. The lowest BCUT2D eigenvalue weighted by Crippen LogP contribution is -2.33. The molecule has 1 aliphatic carbocycles. The first-order valence-electron chi connectivity index (χ1n) is 7.10. The van der Waals surface area contributed by atoms with Crippen LogP contribution in [0.25, 0.3) is 5.65 Å². The first-order chi connectivity index (χ1) is 10.1. The third-order valence-corrected chi connectivity index (χ3v) is 4.10. The number of imidazole rings is 1. The molecule has 0 radical (unpaired) electrons. The standard InChI is InChI=1S/C15H17N3O3/c19-14(12-9-18-7-2-1-6-13(18)17-12)16-8-10-4-3-5-11(10)15(20)21/h1-2,6-7,9-11H,3-5,8H2,(H,16,19)(H,20,21). The van der Waals surface area contributed by atoms with Crippen molar-refractivity contribution in [3.05, 3.63) is 36.3 Å². The van der Waals surface area contributed by atoms with E-state index in [1.165, 1.54) is 0 Å². The molecule has 0 spiro atoms. The lowest BCUT2D eigenvalue weighted by molar-refractivity contribution is -0.142. The molecule has 2 unspecified atom stereocenters. The number of hydrogen-bond donors (Lipinski definition) is 2. The Balaban J connectivity index is 1.65. The molecule has 0 aromatic carbocycles. The summed E-state index contributed by atoms with van der Waals surface area (Å²) in [5.74, 6) is -1.34. The number of amides is 1. The fourth-order valence-corrected chi connectivity index (χ4v) is 2.96. The number of nitrogens with one attached hydrogen (secondary N) is 1. The molecule has 1 aliphatic rings. The van der Waals surface area contributed by atoms with Crippen molar-refractivity contribution in [2.24, 2.45) is 11.8 Å². The van der Waals surface area contributed by atoms with Crippen LogP contribution in [0.4, 0.5) is 0 Å². The second-order valence-corrected chi connectivity index (χ2v) is 5.44. The van der Waals surface area contributed by atoms with Crippen molar-refractivity contribution in [1.29, 1.82) is 0 Å². The SMILES string of the molecule is O=C(NCC1CCCC1C(=O)O)c1cn2ccccc2n1. The normalized spacial score (nSPS) is 21.5. The number of rotatable bonds is 4. The van der Waals surface area contributed by atoms with Gasteiger partial charge in [-0.25, -0.2) is 4.98 Å². The Labute approximate surface area is 121 Å². The zero-order chi connectivity index (χ0) is 14.8. The fourth-order valence-electron chi connectivity index (χ4n) is 2.96. The number of aromatic nitrogens is 2. The topological polar surface area (TPSA) is 83.7 Å². The number of carboxylic acids is 1. The monoisotopic (exact) mass is 287 g/mol. The highest BCUT2D eigenvalue weighted by Crippen LogP contribution is 2.31. The van der Waals surface area contributed by atoms with Gasteiger partial charge in [0, 0.05) is 18.9 Å². The van der Waals surface area contributed by atoms with Gasteiger partial charge in [-0.1, -0.05) is 12.5 Å². The summed E-state index contributed by atoms with van der Waals surface area (Å²) in [6.07, 6.45) is 5.96. The Morgan fingerprint density at radius 3 is 3.00 bits per heavy atom. The van der Waals surface area contributed by atoms with Crippen LogP contribution in [0.15, 0.2) is 30.6 Å². The van der Waals surface area contributed by atoms with Crippen LogP contribution in [-0.4, -0.2) is 32.9 Å². The van der Waals surface area contributed by atoms with Crippen LogP contribution >= 0.6 is 0 Å². The number of pyridine rings is 1. The number of nitrogens with zero attached hydrogens (tertiary/aromatic N) is 2. The summed E-state index contributed by atoms with van der Waals surface area (Å²) in [6.45, 7) is 0.393. The number of fused-ring (bicyclic) bond motifs is 1. The summed E-state index contributed by atoms with van der Waals surface area (Å²) in [5.41, 5.74) is 1.07. The van der Waals surface area contributed by atoms with Crippen molar-refractivity contribution in [2.75, 3.05) is 6.54 Å². The largest absolute Gasteiger partial charge is 0.481 e. The average Bonchev–Trinajstić information content (AvgIpc) is 3.10. The van der Waals surface area contributed by atoms with Crippen molar-refractivity contribution in [3.8, 4) is 0 Å². The van der Waals surface area contributed by atoms with E-state index in [1.54, 1.807) is 10.6 Å². The van der Waals surface area contributed by atoms with Crippen molar-refractivity contribution < 1.29 is 14.7 Å². The van der Waals surface area contributed by atoms with Gasteiger partial charge in [0.25, 0.3) is 5.91 Å². The molecule has 3 rings (SSSR count). The molecule has 1 saturated carbocycles. The smallest absolute Gasteiger partial charge is 0.306 e. The van der Waals surface area contributed by atoms with Crippen molar-refractivity contribution >= 4 is 17.5 Å². The van der Waals surface area contributed by atoms with E-state index in [0.29, 0.717) is 24.3 Å². The molecule has 2 N–H and O–H groups in total. The maximum Gasteiger partial charge on any atom is 0.306 e. The van der Waals surface area contributed by atoms with Crippen molar-refractivity contribution in [2.45, 2.75) is 19.3 Å². The number of aliphatic carboxylic acids is 1. The molecule has 1 amide bonds. The van der Waals surface area contributed by atoms with Gasteiger partial charge in [0.05, 0.1) is 5.92 Å². The second-order valence-electron chi connectivity index (χ2n) is 5.44. The van der Waals surface area contributed by atoms with E-state index < -0.39 is 5.97 Å². The molecule has 2 aromatic heterocycles. The van der Waals surface area contributed by atoms with Crippen molar-refractivity contribution in [3.63, 3.8) is 0 Å². The van der Waals surface area contributed by atoms with E-state index >= 15 is 0 Å². The number of carboxylic acid groups (broad SMARTS) is 1. The van der Waals surface area contributed by atoms with Gasteiger partial charge < -0.3 is 14.8 Å². The first-order valence-corrected chi connectivity index (χ1v) is 7.10. The van der Waals surface area contributed by atoms with E-state index in [1.807, 2.05) is 24.4 Å². The predicted molar refractivity (Wildman–Crippen MR) is 76.0 cm³/mol. The summed E-state index contributed by atoms with van der Waals surface area (Å²) >= 11 is 0. The predicted octanol–water partition coefficient (Wildman–Crippen LogP) is 1.56. The number of hydrogen-bond acceptors (Lipinski definition) is 3. The highest BCUT2D eigenvalue weighted by Gasteiger charge is 2.33. The molecule has 110 valence electrons. The molecule has 0 bridgehead atoms. The quantitative estimate of drug-likeness (QED) is 0.894. The second kappa shape index (κ2) is 5.55. The maximum atomic E-state index is 12.1. The Hall–Kier alpha value is -2.37. The third-order valence-electron chi connectivity index (χ3n) is 4.10. The Bertz CT molecular complexity index is 647. The third kappa shape index (κ3) is 2.74. The number of carbonyl (C=O) groups is 2. The molecular weight excluding hydrogens is 270 g/mol. The van der Waals surface area contributed by atoms with E-state index in [4.69, 9.17) is 5.11 Å². The zero-order valence-electron chi connectivity index (χ0n) is 11.5. The van der Waals surface area contributed by atoms with E-state index in [-0.39, 0.29) is 17.7 Å². The van der Waals surface area contributed by atoms with Crippen LogP contribution in [-0.2, 0) is 4.79 Å². The van der Waals surface area contributed by atoms with Crippen LogP contribution in [0.2, 0.25) is 0 Å². The molecule has 0 saturated heterocycles. The van der Waals surface area contributed by atoms with Gasteiger partial charge >= 0.3 is 5.97 Å². The van der Waals surface area contributed by atoms with Gasteiger partial charge in [0.2, 0.25) is 0 Å². The lowest BCUT2D eigenvalue weighted by atomic mass is 9.96. The van der Waals surface area contributed by atoms with Crippen LogP contribution in [0.1, 0.15) is 29.8 Å². The zero-order valence-corrected chi connectivity index (χ0v) is 11.5.